The lowest BCUT2D eigenvalue weighted by molar-refractivity contribution is -0.153. The molecule has 0 saturated carbocycles. The number of halogens is 6. The summed E-state index contributed by atoms with van der Waals surface area (Å²) < 4.78 is 90.1. The van der Waals surface area contributed by atoms with Gasteiger partial charge in [0.05, 0.1) is 5.56 Å². The molecule has 0 heterocycles. The van der Waals surface area contributed by atoms with Gasteiger partial charge >= 0.3 is 6.18 Å². The van der Waals surface area contributed by atoms with Crippen LogP contribution in [0.15, 0.2) is 54.6 Å². The van der Waals surface area contributed by atoms with E-state index in [1.807, 2.05) is 0 Å². The molecule has 0 spiro atoms. The van der Waals surface area contributed by atoms with Crippen molar-refractivity contribution in [1.82, 2.24) is 0 Å². The number of ether oxygens (including phenoxy) is 2. The van der Waals surface area contributed by atoms with Crippen LogP contribution in [-0.4, -0.2) is 19.4 Å². The Kier molecular flexibility index (Phi) is 6.24. The second-order valence-electron chi connectivity index (χ2n) is 6.36. The first-order valence-electron chi connectivity index (χ1n) is 8.85. The summed E-state index contributed by atoms with van der Waals surface area (Å²) in [6, 6.07) is 8.29. The summed E-state index contributed by atoms with van der Waals surface area (Å²) in [5, 5.41) is 0.210. The van der Waals surface area contributed by atoms with Gasteiger partial charge in [0.2, 0.25) is 0 Å². The minimum absolute atomic E-state index is 0.0186. The average molecular weight is 426 g/mol. The van der Waals surface area contributed by atoms with Crippen LogP contribution in [0.3, 0.4) is 0 Å². The van der Waals surface area contributed by atoms with Gasteiger partial charge in [0.1, 0.15) is 24.0 Å². The van der Waals surface area contributed by atoms with E-state index in [4.69, 9.17) is 4.74 Å². The standard InChI is InChI=1S/C22H16F6O2/c1-2-3-8-29-15-10-17(23)20(18(24)11-15)14-4-6-16-13(9-14)5-7-19(21(16)25)30-12-22(26,27)28/h2-7,9-11H,8,12H2,1H3. The van der Waals surface area contributed by atoms with Crippen LogP contribution < -0.4 is 9.47 Å². The van der Waals surface area contributed by atoms with E-state index >= 15 is 0 Å². The molecule has 0 unspecified atom stereocenters. The fourth-order valence-corrected chi connectivity index (χ4v) is 2.85. The molecule has 0 aliphatic rings. The zero-order valence-electron chi connectivity index (χ0n) is 15.7. The van der Waals surface area contributed by atoms with Gasteiger partial charge < -0.3 is 9.47 Å². The van der Waals surface area contributed by atoms with Crippen LogP contribution in [0.25, 0.3) is 21.9 Å². The average Bonchev–Trinajstić information content (AvgIpc) is 2.66. The van der Waals surface area contributed by atoms with Crippen molar-refractivity contribution in [3.05, 3.63) is 72.1 Å². The summed E-state index contributed by atoms with van der Waals surface area (Å²) in [6.45, 7) is 0.302. The van der Waals surface area contributed by atoms with Crippen LogP contribution in [0, 0.1) is 17.5 Å². The highest BCUT2D eigenvalue weighted by Gasteiger charge is 2.29. The predicted octanol–water partition coefficient (Wildman–Crippen LogP) is 6.82. The van der Waals surface area contributed by atoms with Crippen molar-refractivity contribution in [2.75, 3.05) is 13.2 Å². The second-order valence-corrected chi connectivity index (χ2v) is 6.36. The SMILES string of the molecule is CC=CCOc1cc(F)c(-c2ccc3c(F)c(OCC(F)(F)F)ccc3c2)c(F)c1. The minimum Gasteiger partial charge on any atom is -0.489 e. The number of benzene rings is 3. The molecule has 0 saturated heterocycles. The third-order valence-corrected chi connectivity index (χ3v) is 4.20. The normalized spacial score (nSPS) is 12.0. The third kappa shape index (κ3) is 4.87. The molecule has 0 bridgehead atoms. The molecule has 8 heteroatoms. The first kappa shape index (κ1) is 21.5. The van der Waals surface area contributed by atoms with Crippen LogP contribution in [0.2, 0.25) is 0 Å². The van der Waals surface area contributed by atoms with E-state index in [2.05, 4.69) is 4.74 Å². The second kappa shape index (κ2) is 8.69. The molecule has 2 nitrogen and oxygen atoms in total. The Labute approximate surface area is 168 Å². The molecule has 0 fully saturated rings. The van der Waals surface area contributed by atoms with E-state index < -0.39 is 36.0 Å². The Bertz CT molecular complexity index is 1070. The fourth-order valence-electron chi connectivity index (χ4n) is 2.85. The highest BCUT2D eigenvalue weighted by molar-refractivity contribution is 5.89. The van der Waals surface area contributed by atoms with E-state index in [1.165, 1.54) is 24.3 Å². The molecule has 3 aromatic rings. The van der Waals surface area contributed by atoms with Crippen LogP contribution in [0.1, 0.15) is 6.92 Å². The number of hydrogen-bond acceptors (Lipinski definition) is 2. The van der Waals surface area contributed by atoms with Crippen molar-refractivity contribution >= 4 is 10.8 Å². The molecule has 30 heavy (non-hydrogen) atoms. The quantitative estimate of drug-likeness (QED) is 0.318. The van der Waals surface area contributed by atoms with Gasteiger partial charge in [0.25, 0.3) is 0 Å². The monoisotopic (exact) mass is 426 g/mol. The van der Waals surface area contributed by atoms with Gasteiger partial charge in [-0.2, -0.15) is 13.2 Å². The molecular formula is C22H16F6O2. The van der Waals surface area contributed by atoms with E-state index in [9.17, 15) is 26.3 Å². The molecular weight excluding hydrogens is 410 g/mol. The number of allylic oxidation sites excluding steroid dienone is 1. The van der Waals surface area contributed by atoms with Gasteiger partial charge in [-0.3, -0.25) is 0 Å². The Balaban J connectivity index is 1.94. The van der Waals surface area contributed by atoms with E-state index in [-0.39, 0.29) is 34.3 Å². The molecule has 0 aliphatic heterocycles. The van der Waals surface area contributed by atoms with Gasteiger partial charge in [-0.1, -0.05) is 30.4 Å². The number of alkyl halides is 3. The van der Waals surface area contributed by atoms with Crippen LogP contribution in [0.5, 0.6) is 11.5 Å². The van der Waals surface area contributed by atoms with Crippen LogP contribution >= 0.6 is 0 Å². The summed E-state index contributed by atoms with van der Waals surface area (Å²) in [4.78, 5) is 0. The molecule has 0 N–H and O–H groups in total. The fraction of sp³-hybridized carbons (Fsp3) is 0.182. The molecule has 3 aromatic carbocycles. The van der Waals surface area contributed by atoms with Crippen molar-refractivity contribution in [3.8, 4) is 22.6 Å². The van der Waals surface area contributed by atoms with Crippen molar-refractivity contribution in [1.29, 1.82) is 0 Å². The van der Waals surface area contributed by atoms with E-state index in [0.717, 1.165) is 18.2 Å². The van der Waals surface area contributed by atoms with Gasteiger partial charge in [0.15, 0.2) is 18.2 Å². The van der Waals surface area contributed by atoms with E-state index in [1.54, 1.807) is 19.1 Å². The predicted molar refractivity (Wildman–Crippen MR) is 101 cm³/mol. The maximum atomic E-state index is 14.5. The summed E-state index contributed by atoms with van der Waals surface area (Å²) >= 11 is 0. The molecule has 0 aromatic heterocycles. The smallest absolute Gasteiger partial charge is 0.422 e. The largest absolute Gasteiger partial charge is 0.489 e. The maximum Gasteiger partial charge on any atom is 0.422 e. The first-order valence-corrected chi connectivity index (χ1v) is 8.85. The lowest BCUT2D eigenvalue weighted by Crippen LogP contribution is -2.19. The topological polar surface area (TPSA) is 18.5 Å². The van der Waals surface area contributed by atoms with Gasteiger partial charge in [-0.05, 0) is 30.0 Å². The maximum absolute atomic E-state index is 14.5. The number of fused-ring (bicyclic) bond motifs is 1. The molecule has 158 valence electrons. The van der Waals surface area contributed by atoms with E-state index in [0.29, 0.717) is 0 Å². The summed E-state index contributed by atoms with van der Waals surface area (Å²) in [6.07, 6.45) is -1.20. The summed E-state index contributed by atoms with van der Waals surface area (Å²) in [7, 11) is 0. The van der Waals surface area contributed by atoms with Crippen molar-refractivity contribution in [2.24, 2.45) is 0 Å². The molecule has 0 amide bonds. The Morgan fingerprint density at radius 1 is 0.900 bits per heavy atom. The number of rotatable bonds is 6. The molecule has 0 radical (unpaired) electrons. The third-order valence-electron chi connectivity index (χ3n) is 4.20. The number of hydrogen-bond donors (Lipinski definition) is 0. The van der Waals surface area contributed by atoms with Crippen molar-refractivity contribution < 1.29 is 35.8 Å². The van der Waals surface area contributed by atoms with Crippen molar-refractivity contribution in [2.45, 2.75) is 13.1 Å². The summed E-state index contributed by atoms with van der Waals surface area (Å²) in [5.41, 5.74) is -0.186. The summed E-state index contributed by atoms with van der Waals surface area (Å²) in [5.74, 6) is -3.26. The van der Waals surface area contributed by atoms with Crippen LogP contribution in [-0.2, 0) is 0 Å². The Hall–Kier alpha value is -3.16. The minimum atomic E-state index is -4.61. The van der Waals surface area contributed by atoms with Crippen molar-refractivity contribution in [3.63, 3.8) is 0 Å². The zero-order valence-corrected chi connectivity index (χ0v) is 15.7. The Morgan fingerprint density at radius 3 is 2.23 bits per heavy atom. The Morgan fingerprint density at radius 2 is 1.60 bits per heavy atom. The molecule has 0 aliphatic carbocycles. The highest BCUT2D eigenvalue weighted by atomic mass is 19.4. The lowest BCUT2D eigenvalue weighted by Gasteiger charge is -2.13. The van der Waals surface area contributed by atoms with Gasteiger partial charge in [-0.15, -0.1) is 0 Å². The van der Waals surface area contributed by atoms with Gasteiger partial charge in [0, 0.05) is 17.5 Å². The molecule has 0 atom stereocenters. The lowest BCUT2D eigenvalue weighted by atomic mass is 9.99. The van der Waals surface area contributed by atoms with Crippen LogP contribution in [0.4, 0.5) is 26.3 Å². The molecule has 3 rings (SSSR count). The highest BCUT2D eigenvalue weighted by Crippen LogP contribution is 2.34. The zero-order chi connectivity index (χ0) is 21.9. The van der Waals surface area contributed by atoms with Gasteiger partial charge in [-0.25, -0.2) is 13.2 Å². The first-order chi connectivity index (χ1) is 14.2.